The van der Waals surface area contributed by atoms with Gasteiger partial charge in [-0.3, -0.25) is 14.4 Å². The van der Waals surface area contributed by atoms with Crippen LogP contribution in [0, 0.1) is 0 Å². The highest BCUT2D eigenvalue weighted by atomic mass is 35.5. The zero-order valence-corrected chi connectivity index (χ0v) is 10.9. The number of anilines is 1. The molecule has 0 spiro atoms. The van der Waals surface area contributed by atoms with Gasteiger partial charge in [-0.25, -0.2) is 0 Å². The summed E-state index contributed by atoms with van der Waals surface area (Å²) in [5.41, 5.74) is 5.41. The fourth-order valence-electron chi connectivity index (χ4n) is 1.57. The second-order valence-electron chi connectivity index (χ2n) is 3.94. The van der Waals surface area contributed by atoms with Gasteiger partial charge in [-0.1, -0.05) is 17.7 Å². The SMILES string of the molecule is NC(=O)c1ccc(NC(=O)c2cccc(=O)[nH]2)cc1Cl. The third kappa shape index (κ3) is 3.04. The Bertz CT molecular complexity index is 740. The highest BCUT2D eigenvalue weighted by Crippen LogP contribution is 2.20. The van der Waals surface area contributed by atoms with Crippen LogP contribution in [0.25, 0.3) is 0 Å². The Morgan fingerprint density at radius 3 is 2.55 bits per heavy atom. The number of carbonyl (C=O) groups is 2. The van der Waals surface area contributed by atoms with Crippen molar-refractivity contribution < 1.29 is 9.59 Å². The van der Waals surface area contributed by atoms with Gasteiger partial charge in [-0.15, -0.1) is 0 Å². The van der Waals surface area contributed by atoms with Crippen molar-refractivity contribution in [3.05, 3.63) is 63.0 Å². The van der Waals surface area contributed by atoms with Crippen LogP contribution in [0.5, 0.6) is 0 Å². The van der Waals surface area contributed by atoms with E-state index in [-0.39, 0.29) is 21.8 Å². The van der Waals surface area contributed by atoms with Crippen molar-refractivity contribution in [3.8, 4) is 0 Å². The molecule has 20 heavy (non-hydrogen) atoms. The second-order valence-corrected chi connectivity index (χ2v) is 4.35. The van der Waals surface area contributed by atoms with E-state index in [1.807, 2.05) is 0 Å². The molecule has 0 saturated heterocycles. The molecule has 7 heteroatoms. The predicted octanol–water partition coefficient (Wildman–Crippen LogP) is 1.38. The minimum Gasteiger partial charge on any atom is -0.366 e. The summed E-state index contributed by atoms with van der Waals surface area (Å²) in [6.07, 6.45) is 0. The van der Waals surface area contributed by atoms with Crippen LogP contribution in [0.1, 0.15) is 20.8 Å². The molecule has 0 aliphatic carbocycles. The van der Waals surface area contributed by atoms with Crippen LogP contribution < -0.4 is 16.6 Å². The van der Waals surface area contributed by atoms with Gasteiger partial charge in [-0.2, -0.15) is 0 Å². The zero-order chi connectivity index (χ0) is 14.7. The number of rotatable bonds is 3. The molecule has 0 radical (unpaired) electrons. The molecule has 1 aromatic carbocycles. The maximum Gasteiger partial charge on any atom is 0.272 e. The first-order valence-electron chi connectivity index (χ1n) is 5.57. The Labute approximate surface area is 118 Å². The summed E-state index contributed by atoms with van der Waals surface area (Å²) < 4.78 is 0. The summed E-state index contributed by atoms with van der Waals surface area (Å²) in [6, 6.07) is 8.54. The highest BCUT2D eigenvalue weighted by Gasteiger charge is 2.10. The smallest absolute Gasteiger partial charge is 0.272 e. The molecule has 1 aromatic heterocycles. The lowest BCUT2D eigenvalue weighted by atomic mass is 10.2. The summed E-state index contributed by atoms with van der Waals surface area (Å²) >= 11 is 5.87. The van der Waals surface area contributed by atoms with E-state index in [4.69, 9.17) is 17.3 Å². The lowest BCUT2D eigenvalue weighted by Crippen LogP contribution is -2.18. The Morgan fingerprint density at radius 2 is 1.95 bits per heavy atom. The van der Waals surface area contributed by atoms with Gasteiger partial charge in [-0.05, 0) is 24.3 Å². The molecule has 0 aliphatic rings. The Morgan fingerprint density at radius 1 is 1.20 bits per heavy atom. The number of aromatic amines is 1. The first kappa shape index (κ1) is 13.8. The zero-order valence-electron chi connectivity index (χ0n) is 10.1. The van der Waals surface area contributed by atoms with Crippen molar-refractivity contribution in [2.75, 3.05) is 5.32 Å². The summed E-state index contributed by atoms with van der Waals surface area (Å²) in [6.45, 7) is 0. The normalized spacial score (nSPS) is 10.1. The Kier molecular flexibility index (Phi) is 3.86. The summed E-state index contributed by atoms with van der Waals surface area (Å²) in [5.74, 6) is -1.15. The molecule has 2 aromatic rings. The van der Waals surface area contributed by atoms with Crippen molar-refractivity contribution in [1.29, 1.82) is 0 Å². The van der Waals surface area contributed by atoms with E-state index in [9.17, 15) is 14.4 Å². The average molecular weight is 292 g/mol. The van der Waals surface area contributed by atoms with Gasteiger partial charge in [0.25, 0.3) is 5.91 Å². The van der Waals surface area contributed by atoms with Crippen molar-refractivity contribution in [2.24, 2.45) is 5.73 Å². The molecule has 4 N–H and O–H groups in total. The van der Waals surface area contributed by atoms with E-state index in [0.29, 0.717) is 5.69 Å². The van der Waals surface area contributed by atoms with E-state index >= 15 is 0 Å². The minimum atomic E-state index is -0.653. The number of benzene rings is 1. The number of primary amides is 1. The lowest BCUT2D eigenvalue weighted by molar-refractivity contribution is 0.0998. The monoisotopic (exact) mass is 291 g/mol. The van der Waals surface area contributed by atoms with E-state index in [1.54, 1.807) is 0 Å². The number of carbonyl (C=O) groups excluding carboxylic acids is 2. The molecule has 2 rings (SSSR count). The fraction of sp³-hybridized carbons (Fsp3) is 0. The molecule has 0 aliphatic heterocycles. The topological polar surface area (TPSA) is 105 Å². The van der Waals surface area contributed by atoms with Gasteiger partial charge < -0.3 is 16.0 Å². The third-order valence-electron chi connectivity index (χ3n) is 2.51. The van der Waals surface area contributed by atoms with Gasteiger partial charge in [0.05, 0.1) is 10.6 Å². The third-order valence-corrected chi connectivity index (χ3v) is 2.82. The fourth-order valence-corrected chi connectivity index (χ4v) is 1.85. The first-order valence-corrected chi connectivity index (χ1v) is 5.95. The van der Waals surface area contributed by atoms with E-state index in [1.165, 1.54) is 36.4 Å². The van der Waals surface area contributed by atoms with Gasteiger partial charge in [0.1, 0.15) is 5.69 Å². The number of nitrogens with one attached hydrogen (secondary N) is 2. The van der Waals surface area contributed by atoms with Crippen LogP contribution in [-0.4, -0.2) is 16.8 Å². The summed E-state index contributed by atoms with van der Waals surface area (Å²) in [7, 11) is 0. The molecule has 102 valence electrons. The maximum absolute atomic E-state index is 11.9. The number of hydrogen-bond acceptors (Lipinski definition) is 3. The standard InChI is InChI=1S/C13H10ClN3O3/c14-9-6-7(4-5-8(9)12(15)19)16-13(20)10-2-1-3-11(18)17-10/h1-6H,(H2,15,19)(H,16,20)(H,17,18). The van der Waals surface area contributed by atoms with Crippen molar-refractivity contribution >= 4 is 29.1 Å². The number of amides is 2. The quantitative estimate of drug-likeness (QED) is 0.795. The Hall–Kier alpha value is -2.60. The number of hydrogen-bond donors (Lipinski definition) is 3. The van der Waals surface area contributed by atoms with Crippen LogP contribution in [0.15, 0.2) is 41.2 Å². The van der Waals surface area contributed by atoms with Crippen LogP contribution in [0.3, 0.4) is 0 Å². The lowest BCUT2D eigenvalue weighted by Gasteiger charge is -2.07. The van der Waals surface area contributed by atoms with Crippen molar-refractivity contribution in [1.82, 2.24) is 4.98 Å². The number of pyridine rings is 1. The summed E-state index contributed by atoms with van der Waals surface area (Å²) in [5, 5.41) is 2.68. The van der Waals surface area contributed by atoms with Gasteiger partial charge in [0.15, 0.2) is 0 Å². The molecule has 6 nitrogen and oxygen atoms in total. The van der Waals surface area contributed by atoms with Crippen LogP contribution in [-0.2, 0) is 0 Å². The molecule has 0 atom stereocenters. The van der Waals surface area contributed by atoms with Crippen LogP contribution in [0.4, 0.5) is 5.69 Å². The average Bonchev–Trinajstić information content (AvgIpc) is 2.38. The van der Waals surface area contributed by atoms with Gasteiger partial charge in [0.2, 0.25) is 11.5 Å². The Balaban J connectivity index is 2.22. The number of halogens is 1. The second kappa shape index (κ2) is 5.58. The molecule has 1 heterocycles. The van der Waals surface area contributed by atoms with Gasteiger partial charge in [0, 0.05) is 11.8 Å². The first-order chi connectivity index (χ1) is 9.47. The van der Waals surface area contributed by atoms with Crippen LogP contribution >= 0.6 is 11.6 Å². The molecular formula is C13H10ClN3O3. The predicted molar refractivity (Wildman–Crippen MR) is 75.0 cm³/mol. The molecular weight excluding hydrogens is 282 g/mol. The highest BCUT2D eigenvalue weighted by molar-refractivity contribution is 6.34. The van der Waals surface area contributed by atoms with Crippen LogP contribution in [0.2, 0.25) is 5.02 Å². The minimum absolute atomic E-state index is 0.118. The summed E-state index contributed by atoms with van der Waals surface area (Å²) in [4.78, 5) is 36.4. The molecule has 0 fully saturated rings. The van der Waals surface area contributed by atoms with Crippen molar-refractivity contribution in [2.45, 2.75) is 0 Å². The molecule has 0 saturated carbocycles. The van der Waals surface area contributed by atoms with E-state index in [2.05, 4.69) is 10.3 Å². The number of nitrogens with two attached hydrogens (primary N) is 1. The van der Waals surface area contributed by atoms with E-state index < -0.39 is 11.8 Å². The molecule has 0 bridgehead atoms. The largest absolute Gasteiger partial charge is 0.366 e. The molecule has 2 amide bonds. The number of aromatic nitrogens is 1. The maximum atomic E-state index is 11.9. The number of H-pyrrole nitrogens is 1. The van der Waals surface area contributed by atoms with E-state index in [0.717, 1.165) is 0 Å². The van der Waals surface area contributed by atoms with Crippen molar-refractivity contribution in [3.63, 3.8) is 0 Å². The van der Waals surface area contributed by atoms with Gasteiger partial charge >= 0.3 is 0 Å². The molecule has 0 unspecified atom stereocenters.